The number of halogens is 1. The number of azo groups is 1. The summed E-state index contributed by atoms with van der Waals surface area (Å²) in [5, 5.41) is 22.5. The highest BCUT2D eigenvalue weighted by Gasteiger charge is 2.18. The molecular weight excluding hydrogens is 467 g/mol. The summed E-state index contributed by atoms with van der Waals surface area (Å²) < 4.78 is 1.10. The predicted molar refractivity (Wildman–Crippen MR) is 118 cm³/mol. The fraction of sp³-hybridized carbons (Fsp3) is 0.286. The number of aryl methyl sites for hydroxylation is 1. The van der Waals surface area contributed by atoms with Crippen molar-refractivity contribution in [3.8, 4) is 5.88 Å². The van der Waals surface area contributed by atoms with Crippen LogP contribution in [0, 0.1) is 10.5 Å². The third kappa shape index (κ3) is 3.89. The van der Waals surface area contributed by atoms with Gasteiger partial charge in [0.2, 0.25) is 5.88 Å². The van der Waals surface area contributed by atoms with Gasteiger partial charge >= 0.3 is 0 Å². The number of carbonyl (C=O) groups excluding carboxylic acids is 1. The number of aromatic hydroxyl groups is 1. The number of rotatable bonds is 4. The van der Waals surface area contributed by atoms with Gasteiger partial charge in [0, 0.05) is 20.6 Å². The monoisotopic (exact) mass is 488 g/mol. The molecule has 1 fully saturated rings. The summed E-state index contributed by atoms with van der Waals surface area (Å²) in [6.07, 6.45) is 4.49. The van der Waals surface area contributed by atoms with Gasteiger partial charge in [0.15, 0.2) is 5.69 Å². The van der Waals surface area contributed by atoms with E-state index in [0.29, 0.717) is 23.0 Å². The SMILES string of the molecule is Cc1cc2[nH]c(O)c(N=Nc3ccc(C(=O)NC4CCCC4)cc3)c2cc1I. The fourth-order valence-corrected chi connectivity index (χ4v) is 3.99. The largest absolute Gasteiger partial charge is 0.493 e. The van der Waals surface area contributed by atoms with E-state index in [4.69, 9.17) is 0 Å². The lowest BCUT2D eigenvalue weighted by molar-refractivity contribution is 0.0938. The molecule has 0 bridgehead atoms. The molecule has 0 aliphatic heterocycles. The van der Waals surface area contributed by atoms with Gasteiger partial charge in [-0.2, -0.15) is 5.11 Å². The van der Waals surface area contributed by atoms with E-state index >= 15 is 0 Å². The highest BCUT2D eigenvalue weighted by atomic mass is 127. The van der Waals surface area contributed by atoms with Gasteiger partial charge in [-0.05, 0) is 84.3 Å². The molecule has 4 rings (SSSR count). The second-order valence-electron chi connectivity index (χ2n) is 7.17. The molecule has 2 aromatic carbocycles. The second kappa shape index (κ2) is 7.90. The molecule has 1 heterocycles. The van der Waals surface area contributed by atoms with Crippen LogP contribution in [0.4, 0.5) is 11.4 Å². The van der Waals surface area contributed by atoms with Crippen LogP contribution in [0.15, 0.2) is 46.6 Å². The molecule has 28 heavy (non-hydrogen) atoms. The van der Waals surface area contributed by atoms with Gasteiger partial charge in [0.25, 0.3) is 5.91 Å². The highest BCUT2D eigenvalue weighted by Crippen LogP contribution is 2.37. The highest BCUT2D eigenvalue weighted by molar-refractivity contribution is 14.1. The van der Waals surface area contributed by atoms with E-state index < -0.39 is 0 Å². The lowest BCUT2D eigenvalue weighted by Gasteiger charge is -2.11. The number of nitrogens with zero attached hydrogens (tertiary/aromatic N) is 2. The Morgan fingerprint density at radius 3 is 2.61 bits per heavy atom. The predicted octanol–water partition coefficient (Wildman–Crippen LogP) is 5.87. The second-order valence-corrected chi connectivity index (χ2v) is 8.33. The number of carbonyl (C=O) groups is 1. The van der Waals surface area contributed by atoms with Crippen molar-refractivity contribution in [2.45, 2.75) is 38.6 Å². The van der Waals surface area contributed by atoms with E-state index in [1.165, 1.54) is 12.8 Å². The Balaban J connectivity index is 1.52. The lowest BCUT2D eigenvalue weighted by atomic mass is 10.1. The van der Waals surface area contributed by atoms with Gasteiger partial charge in [-0.1, -0.05) is 12.8 Å². The fourth-order valence-electron chi connectivity index (χ4n) is 3.52. The summed E-state index contributed by atoms with van der Waals surface area (Å²) in [5.41, 5.74) is 3.60. The van der Waals surface area contributed by atoms with Crippen LogP contribution in [0.2, 0.25) is 0 Å². The minimum atomic E-state index is -0.0467. The molecule has 6 nitrogen and oxygen atoms in total. The van der Waals surface area contributed by atoms with E-state index in [-0.39, 0.29) is 11.8 Å². The minimum Gasteiger partial charge on any atom is -0.493 e. The number of benzene rings is 2. The molecular formula is C21H21IN4O2. The Morgan fingerprint density at radius 1 is 1.18 bits per heavy atom. The van der Waals surface area contributed by atoms with Gasteiger partial charge in [-0.3, -0.25) is 4.79 Å². The molecule has 1 saturated carbocycles. The maximum absolute atomic E-state index is 12.3. The summed E-state index contributed by atoms with van der Waals surface area (Å²) in [6, 6.07) is 11.3. The third-order valence-electron chi connectivity index (χ3n) is 5.12. The normalized spacial score (nSPS) is 14.9. The Morgan fingerprint density at radius 2 is 1.89 bits per heavy atom. The molecule has 144 valence electrons. The maximum atomic E-state index is 12.3. The number of aromatic nitrogens is 1. The molecule has 0 atom stereocenters. The molecule has 7 heteroatoms. The third-order valence-corrected chi connectivity index (χ3v) is 6.28. The standard InChI is InChI=1S/C21H21IN4O2/c1-12-10-18-16(11-17(12)22)19(21(28)24-18)26-25-15-8-6-13(7-9-15)20(27)23-14-4-2-3-5-14/h6-11,14,24,28H,2-5H2,1H3,(H,23,27). The molecule has 0 spiro atoms. The maximum Gasteiger partial charge on any atom is 0.251 e. The van der Waals surface area contributed by atoms with Crippen molar-refractivity contribution in [2.24, 2.45) is 10.2 Å². The van der Waals surface area contributed by atoms with Gasteiger partial charge in [0.05, 0.1) is 11.2 Å². The zero-order chi connectivity index (χ0) is 19.7. The number of fused-ring (bicyclic) bond motifs is 1. The van der Waals surface area contributed by atoms with Crippen LogP contribution in [0.25, 0.3) is 10.9 Å². The first kappa shape index (κ1) is 18.9. The van der Waals surface area contributed by atoms with Crippen LogP contribution >= 0.6 is 22.6 Å². The van der Waals surface area contributed by atoms with Crippen molar-refractivity contribution < 1.29 is 9.90 Å². The molecule has 0 radical (unpaired) electrons. The summed E-state index contributed by atoms with van der Waals surface area (Å²) in [6.45, 7) is 2.02. The van der Waals surface area contributed by atoms with Crippen molar-refractivity contribution in [3.63, 3.8) is 0 Å². The first-order valence-electron chi connectivity index (χ1n) is 9.35. The average Bonchev–Trinajstić information content (AvgIpc) is 3.28. The zero-order valence-electron chi connectivity index (χ0n) is 15.5. The van der Waals surface area contributed by atoms with Gasteiger partial charge in [0.1, 0.15) is 0 Å². The number of aromatic amines is 1. The molecule has 1 aliphatic carbocycles. The van der Waals surface area contributed by atoms with Crippen LogP contribution < -0.4 is 5.32 Å². The number of hydrogen-bond acceptors (Lipinski definition) is 4. The summed E-state index contributed by atoms with van der Waals surface area (Å²) in [5.74, 6) is -0.0534. The molecule has 0 unspecified atom stereocenters. The van der Waals surface area contributed by atoms with Crippen LogP contribution in [-0.4, -0.2) is 22.0 Å². The van der Waals surface area contributed by atoms with E-state index in [0.717, 1.165) is 32.9 Å². The average molecular weight is 488 g/mol. The van der Waals surface area contributed by atoms with Crippen LogP contribution in [0.1, 0.15) is 41.6 Å². The van der Waals surface area contributed by atoms with Crippen molar-refractivity contribution in [3.05, 3.63) is 51.1 Å². The summed E-state index contributed by atoms with van der Waals surface area (Å²) in [4.78, 5) is 15.2. The lowest BCUT2D eigenvalue weighted by Crippen LogP contribution is -2.32. The zero-order valence-corrected chi connectivity index (χ0v) is 17.7. The van der Waals surface area contributed by atoms with Crippen molar-refractivity contribution in [1.82, 2.24) is 10.3 Å². The molecule has 1 aliphatic rings. The number of amides is 1. The van der Waals surface area contributed by atoms with Crippen LogP contribution in [0.5, 0.6) is 5.88 Å². The quantitative estimate of drug-likeness (QED) is 0.317. The summed E-state index contributed by atoms with van der Waals surface area (Å²) in [7, 11) is 0. The first-order chi connectivity index (χ1) is 13.5. The van der Waals surface area contributed by atoms with E-state index in [9.17, 15) is 9.90 Å². The Bertz CT molecular complexity index is 1050. The first-order valence-corrected chi connectivity index (χ1v) is 10.4. The Hall–Kier alpha value is -2.42. The molecule has 3 aromatic rings. The van der Waals surface area contributed by atoms with Gasteiger partial charge < -0.3 is 15.4 Å². The number of nitrogens with one attached hydrogen (secondary N) is 2. The van der Waals surface area contributed by atoms with Crippen LogP contribution in [-0.2, 0) is 0 Å². The Labute approximate surface area is 176 Å². The molecule has 1 aromatic heterocycles. The summed E-state index contributed by atoms with van der Waals surface area (Å²) >= 11 is 2.26. The van der Waals surface area contributed by atoms with Crippen molar-refractivity contribution in [1.29, 1.82) is 0 Å². The molecule has 1 amide bonds. The van der Waals surface area contributed by atoms with E-state index in [2.05, 4.69) is 43.1 Å². The van der Waals surface area contributed by atoms with E-state index in [1.54, 1.807) is 24.3 Å². The van der Waals surface area contributed by atoms with Gasteiger partial charge in [-0.15, -0.1) is 5.11 Å². The van der Waals surface area contributed by atoms with Crippen molar-refractivity contribution in [2.75, 3.05) is 0 Å². The topological polar surface area (TPSA) is 89.8 Å². The molecule has 0 saturated heterocycles. The smallest absolute Gasteiger partial charge is 0.251 e. The van der Waals surface area contributed by atoms with Gasteiger partial charge in [-0.25, -0.2) is 0 Å². The Kier molecular flexibility index (Phi) is 5.34. The van der Waals surface area contributed by atoms with Crippen molar-refractivity contribution >= 4 is 50.8 Å². The van der Waals surface area contributed by atoms with E-state index in [1.807, 2.05) is 19.1 Å². The van der Waals surface area contributed by atoms with Crippen LogP contribution in [0.3, 0.4) is 0 Å². The molecule has 3 N–H and O–H groups in total. The minimum absolute atomic E-state index is 0.00675. The number of H-pyrrole nitrogens is 1. The number of hydrogen-bond donors (Lipinski definition) is 3.